The zero-order valence-electron chi connectivity index (χ0n) is 12.8. The van der Waals surface area contributed by atoms with Gasteiger partial charge in [0, 0.05) is 19.6 Å². The molecule has 1 aromatic heterocycles. The van der Waals surface area contributed by atoms with Gasteiger partial charge < -0.3 is 4.90 Å². The zero-order valence-corrected chi connectivity index (χ0v) is 14.4. The lowest BCUT2D eigenvalue weighted by atomic mass is 10.2. The number of thioether (sulfide) groups is 1. The van der Waals surface area contributed by atoms with Crippen LogP contribution in [-0.2, 0) is 21.7 Å². The quantitative estimate of drug-likeness (QED) is 0.646. The Morgan fingerprint density at radius 3 is 2.82 bits per heavy atom. The van der Waals surface area contributed by atoms with Crippen LogP contribution in [0.4, 0.5) is 0 Å². The number of hydrogen-bond donors (Lipinski definition) is 0. The third-order valence-corrected chi connectivity index (χ3v) is 6.37. The van der Waals surface area contributed by atoms with Gasteiger partial charge in [-0.1, -0.05) is 25.1 Å². The maximum absolute atomic E-state index is 12.5. The topological polar surface area (TPSA) is 98.1 Å². The monoisotopic (exact) mass is 347 g/mol. The number of carbonyl (C=O) groups is 1. The summed E-state index contributed by atoms with van der Waals surface area (Å²) in [4.78, 5) is 14.2. The highest BCUT2D eigenvalue weighted by atomic mass is 32.2. The second kappa shape index (κ2) is 7.40. The van der Waals surface area contributed by atoms with E-state index in [9.17, 15) is 13.2 Å². The predicted molar refractivity (Wildman–Crippen MR) is 83.2 cm³/mol. The van der Waals surface area contributed by atoms with Crippen molar-refractivity contribution in [2.45, 2.75) is 37.4 Å². The molecule has 1 amide bonds. The van der Waals surface area contributed by atoms with Crippen LogP contribution in [-0.4, -0.2) is 69.3 Å². The lowest BCUT2D eigenvalue weighted by molar-refractivity contribution is -0.130. The van der Waals surface area contributed by atoms with Crippen LogP contribution in [0, 0.1) is 0 Å². The van der Waals surface area contributed by atoms with Crippen molar-refractivity contribution in [3.63, 3.8) is 0 Å². The molecule has 0 aliphatic carbocycles. The Kier molecular flexibility index (Phi) is 5.79. The van der Waals surface area contributed by atoms with Crippen molar-refractivity contribution >= 4 is 27.5 Å². The van der Waals surface area contributed by atoms with Crippen molar-refractivity contribution in [3.05, 3.63) is 0 Å². The summed E-state index contributed by atoms with van der Waals surface area (Å²) >= 11 is 1.27. The standard InChI is InChI=1S/C12H21N5O3S2/c1-3-4-6-17(10-5-7-22(19,20)9-10)11(18)8-21-12-13-14-15-16(12)2/h10H,3-9H2,1-2H3. The molecule has 8 nitrogen and oxygen atoms in total. The van der Waals surface area contributed by atoms with Gasteiger partial charge in [-0.05, 0) is 23.3 Å². The van der Waals surface area contributed by atoms with Crippen LogP contribution in [0.2, 0.25) is 0 Å². The van der Waals surface area contributed by atoms with Crippen LogP contribution < -0.4 is 0 Å². The van der Waals surface area contributed by atoms with Crippen LogP contribution in [0.15, 0.2) is 5.16 Å². The summed E-state index contributed by atoms with van der Waals surface area (Å²) in [5.41, 5.74) is 0. The van der Waals surface area contributed by atoms with Gasteiger partial charge in [-0.2, -0.15) is 0 Å². The molecule has 0 radical (unpaired) electrons. The molecule has 1 aliphatic rings. The second-order valence-electron chi connectivity index (χ2n) is 5.37. The first kappa shape index (κ1) is 17.2. The minimum atomic E-state index is -3.00. The van der Waals surface area contributed by atoms with Gasteiger partial charge in [0.1, 0.15) is 0 Å². The van der Waals surface area contributed by atoms with E-state index in [1.54, 1.807) is 11.9 Å². The molecule has 1 unspecified atom stereocenters. The van der Waals surface area contributed by atoms with E-state index in [1.165, 1.54) is 16.4 Å². The summed E-state index contributed by atoms with van der Waals surface area (Å²) in [6, 6.07) is -0.192. The lowest BCUT2D eigenvalue weighted by Crippen LogP contribution is -2.42. The zero-order chi connectivity index (χ0) is 16.2. The van der Waals surface area contributed by atoms with Gasteiger partial charge >= 0.3 is 0 Å². The molecule has 22 heavy (non-hydrogen) atoms. The predicted octanol–water partition coefficient (Wildman–Crippen LogP) is 0.118. The summed E-state index contributed by atoms with van der Waals surface area (Å²) in [5, 5.41) is 11.6. The van der Waals surface area contributed by atoms with E-state index in [-0.39, 0.29) is 29.2 Å². The first-order valence-electron chi connectivity index (χ1n) is 7.28. The number of carbonyl (C=O) groups excluding carboxylic acids is 1. The van der Waals surface area contributed by atoms with Gasteiger partial charge in [0.05, 0.1) is 17.3 Å². The fourth-order valence-electron chi connectivity index (χ4n) is 2.41. The van der Waals surface area contributed by atoms with Crippen LogP contribution in [0.3, 0.4) is 0 Å². The Morgan fingerprint density at radius 2 is 2.27 bits per heavy atom. The highest BCUT2D eigenvalue weighted by Gasteiger charge is 2.34. The lowest BCUT2D eigenvalue weighted by Gasteiger charge is -2.28. The summed E-state index contributed by atoms with van der Waals surface area (Å²) < 4.78 is 24.8. The molecule has 1 atom stereocenters. The van der Waals surface area contributed by atoms with Gasteiger partial charge in [0.25, 0.3) is 0 Å². The second-order valence-corrected chi connectivity index (χ2v) is 8.54. The number of hydrogen-bond acceptors (Lipinski definition) is 7. The van der Waals surface area contributed by atoms with E-state index in [1.807, 2.05) is 6.92 Å². The van der Waals surface area contributed by atoms with Crippen LogP contribution in [0.25, 0.3) is 0 Å². The third kappa shape index (κ3) is 4.42. The number of sulfone groups is 1. The van der Waals surface area contributed by atoms with E-state index in [4.69, 9.17) is 0 Å². The van der Waals surface area contributed by atoms with E-state index in [0.29, 0.717) is 18.1 Å². The van der Waals surface area contributed by atoms with E-state index in [0.717, 1.165) is 12.8 Å². The average molecular weight is 347 g/mol. The Morgan fingerprint density at radius 1 is 1.50 bits per heavy atom. The number of amides is 1. The van der Waals surface area contributed by atoms with Gasteiger partial charge in [0.15, 0.2) is 9.84 Å². The number of unbranched alkanes of at least 4 members (excludes halogenated alkanes) is 1. The van der Waals surface area contributed by atoms with Crippen molar-refractivity contribution in [1.29, 1.82) is 0 Å². The Hall–Kier alpha value is -1.16. The van der Waals surface area contributed by atoms with Crippen molar-refractivity contribution in [3.8, 4) is 0 Å². The molecule has 0 saturated carbocycles. The molecular weight excluding hydrogens is 326 g/mol. The fourth-order valence-corrected chi connectivity index (χ4v) is 4.88. The van der Waals surface area contributed by atoms with Gasteiger partial charge in [-0.25, -0.2) is 13.1 Å². The molecule has 1 fully saturated rings. The summed E-state index contributed by atoms with van der Waals surface area (Å²) in [5.74, 6) is 0.421. The van der Waals surface area contributed by atoms with Gasteiger partial charge in [0.2, 0.25) is 11.1 Å². The first-order chi connectivity index (χ1) is 10.4. The molecule has 1 aliphatic heterocycles. The van der Waals surface area contributed by atoms with Crippen LogP contribution in [0.1, 0.15) is 26.2 Å². The maximum atomic E-state index is 12.5. The molecule has 2 rings (SSSR count). The van der Waals surface area contributed by atoms with E-state index < -0.39 is 9.84 Å². The van der Waals surface area contributed by atoms with E-state index in [2.05, 4.69) is 15.5 Å². The first-order valence-corrected chi connectivity index (χ1v) is 10.1. The Labute approximate surface area is 134 Å². The highest BCUT2D eigenvalue weighted by molar-refractivity contribution is 7.99. The normalized spacial score (nSPS) is 20.2. The SMILES string of the molecule is CCCCN(C(=O)CSc1nnnn1C)C1CCS(=O)(=O)C1. The molecule has 1 saturated heterocycles. The molecule has 0 N–H and O–H groups in total. The Balaban J connectivity index is 1.98. The third-order valence-electron chi connectivity index (χ3n) is 3.63. The number of aryl methyl sites for hydroxylation is 1. The minimum absolute atomic E-state index is 0.0523. The summed E-state index contributed by atoms with van der Waals surface area (Å²) in [7, 11) is -1.29. The molecule has 0 aromatic carbocycles. The van der Waals surface area contributed by atoms with Crippen molar-refractivity contribution in [2.24, 2.45) is 7.05 Å². The fraction of sp³-hybridized carbons (Fsp3) is 0.833. The van der Waals surface area contributed by atoms with Crippen molar-refractivity contribution in [2.75, 3.05) is 23.8 Å². The highest BCUT2D eigenvalue weighted by Crippen LogP contribution is 2.21. The molecule has 0 spiro atoms. The van der Waals surface area contributed by atoms with Gasteiger partial charge in [-0.3, -0.25) is 4.79 Å². The maximum Gasteiger partial charge on any atom is 0.233 e. The van der Waals surface area contributed by atoms with Gasteiger partial charge in [-0.15, -0.1) is 5.10 Å². The molecular formula is C12H21N5O3S2. The average Bonchev–Trinajstić information content (AvgIpc) is 3.03. The molecule has 124 valence electrons. The van der Waals surface area contributed by atoms with Crippen molar-refractivity contribution in [1.82, 2.24) is 25.1 Å². The van der Waals surface area contributed by atoms with E-state index >= 15 is 0 Å². The summed E-state index contributed by atoms with van der Waals surface area (Å²) in [6.45, 7) is 2.65. The van der Waals surface area contributed by atoms with Crippen LogP contribution in [0.5, 0.6) is 0 Å². The minimum Gasteiger partial charge on any atom is -0.338 e. The number of tetrazole rings is 1. The number of nitrogens with zero attached hydrogens (tertiary/aromatic N) is 5. The van der Waals surface area contributed by atoms with Crippen LogP contribution >= 0.6 is 11.8 Å². The molecule has 2 heterocycles. The molecule has 0 bridgehead atoms. The summed E-state index contributed by atoms with van der Waals surface area (Å²) in [6.07, 6.45) is 2.37. The number of aromatic nitrogens is 4. The molecule has 10 heteroatoms. The largest absolute Gasteiger partial charge is 0.338 e. The number of rotatable bonds is 7. The van der Waals surface area contributed by atoms with Crippen molar-refractivity contribution < 1.29 is 13.2 Å². The molecule has 1 aromatic rings. The smallest absolute Gasteiger partial charge is 0.233 e. The Bertz CT molecular complexity index is 616.